The maximum Gasteiger partial charge on any atom is 0.276 e. The molecular weight excluding hydrogens is 502 g/mol. The van der Waals surface area contributed by atoms with E-state index in [1.165, 1.54) is 5.56 Å². The highest BCUT2D eigenvalue weighted by molar-refractivity contribution is 5.93. The topological polar surface area (TPSA) is 74.9 Å². The SMILES string of the molecule is Cc1onc(C(=O)N2CCC3(CCCCc4ccccc4OCCN(Cc4ccccn4)C3)CC2)c1CN(C)C. The van der Waals surface area contributed by atoms with Crippen molar-refractivity contribution in [2.75, 3.05) is 46.9 Å². The molecule has 8 nitrogen and oxygen atoms in total. The molecule has 8 heteroatoms. The van der Waals surface area contributed by atoms with Crippen molar-refractivity contribution in [3.8, 4) is 5.75 Å². The second-order valence-electron chi connectivity index (χ2n) is 11.8. The van der Waals surface area contributed by atoms with E-state index in [0.29, 0.717) is 18.8 Å². The van der Waals surface area contributed by atoms with Crippen molar-refractivity contribution in [2.24, 2.45) is 5.41 Å². The van der Waals surface area contributed by atoms with Crippen LogP contribution < -0.4 is 4.74 Å². The summed E-state index contributed by atoms with van der Waals surface area (Å²) in [6, 6.07) is 14.6. The Labute approximate surface area is 238 Å². The molecule has 0 N–H and O–H groups in total. The fourth-order valence-electron chi connectivity index (χ4n) is 6.24. The lowest BCUT2D eigenvalue weighted by Crippen LogP contribution is -2.48. The van der Waals surface area contributed by atoms with Crippen LogP contribution in [0, 0.1) is 12.3 Å². The number of rotatable bonds is 5. The zero-order valence-electron chi connectivity index (χ0n) is 24.3. The third-order valence-corrected chi connectivity index (χ3v) is 8.48. The van der Waals surface area contributed by atoms with Crippen LogP contribution in [-0.4, -0.2) is 77.6 Å². The van der Waals surface area contributed by atoms with Crippen LogP contribution in [-0.2, 0) is 19.5 Å². The standard InChI is InChI=1S/C32H43N5O3/c1-25-28(23-35(2)3)30(34-40-25)31(38)37-18-15-32(16-19-37)14-8-6-11-26-10-4-5-13-29(26)39-21-20-36(24-32)22-27-12-7-9-17-33-27/h4-5,7,9-10,12-13,17H,6,8,11,14-16,18-24H2,1-3H3. The zero-order chi connectivity index (χ0) is 28.0. The minimum Gasteiger partial charge on any atom is -0.492 e. The van der Waals surface area contributed by atoms with Gasteiger partial charge in [0.15, 0.2) is 5.69 Å². The summed E-state index contributed by atoms with van der Waals surface area (Å²) in [5.74, 6) is 1.73. The van der Waals surface area contributed by atoms with E-state index in [2.05, 4.69) is 51.4 Å². The lowest BCUT2D eigenvalue weighted by atomic mass is 9.73. The van der Waals surface area contributed by atoms with Crippen LogP contribution >= 0.6 is 0 Å². The van der Waals surface area contributed by atoms with E-state index >= 15 is 0 Å². The highest BCUT2D eigenvalue weighted by Crippen LogP contribution is 2.39. The van der Waals surface area contributed by atoms with Crippen molar-refractivity contribution in [1.29, 1.82) is 0 Å². The van der Waals surface area contributed by atoms with Crippen LogP contribution in [0.4, 0.5) is 0 Å². The summed E-state index contributed by atoms with van der Waals surface area (Å²) in [5, 5.41) is 4.17. The average molecular weight is 546 g/mol. The van der Waals surface area contributed by atoms with Gasteiger partial charge in [-0.2, -0.15) is 0 Å². The highest BCUT2D eigenvalue weighted by atomic mass is 16.5. The van der Waals surface area contributed by atoms with Crippen molar-refractivity contribution in [1.82, 2.24) is 24.8 Å². The van der Waals surface area contributed by atoms with Crippen molar-refractivity contribution < 1.29 is 14.1 Å². The molecule has 0 saturated carbocycles. The number of hydrogen-bond acceptors (Lipinski definition) is 7. The molecule has 40 heavy (non-hydrogen) atoms. The molecule has 2 aliphatic rings. The first kappa shape index (κ1) is 28.3. The predicted molar refractivity (Wildman–Crippen MR) is 155 cm³/mol. The van der Waals surface area contributed by atoms with E-state index in [0.717, 1.165) is 94.0 Å². The molecule has 5 rings (SSSR count). The second-order valence-corrected chi connectivity index (χ2v) is 11.8. The lowest BCUT2D eigenvalue weighted by Gasteiger charge is -2.45. The molecule has 0 bridgehead atoms. The number of hydrogen-bond donors (Lipinski definition) is 0. The molecule has 0 aliphatic carbocycles. The van der Waals surface area contributed by atoms with E-state index in [1.807, 2.05) is 43.1 Å². The number of ether oxygens (including phenoxy) is 1. The minimum absolute atomic E-state index is 0.00736. The molecule has 1 aromatic carbocycles. The molecule has 1 saturated heterocycles. The highest BCUT2D eigenvalue weighted by Gasteiger charge is 2.38. The second kappa shape index (κ2) is 13.0. The van der Waals surface area contributed by atoms with E-state index in [4.69, 9.17) is 9.26 Å². The number of pyridine rings is 1. The molecule has 1 amide bonds. The zero-order valence-corrected chi connectivity index (χ0v) is 24.3. The van der Waals surface area contributed by atoms with Crippen LogP contribution in [0.1, 0.15) is 65.2 Å². The summed E-state index contributed by atoms with van der Waals surface area (Å²) in [6.07, 6.45) is 8.32. The third-order valence-electron chi connectivity index (χ3n) is 8.48. The Morgan fingerprint density at radius 1 is 1.02 bits per heavy atom. The minimum atomic E-state index is -0.00736. The van der Waals surface area contributed by atoms with Gasteiger partial charge in [0, 0.05) is 51.0 Å². The number of amides is 1. The number of aryl methyl sites for hydroxylation is 2. The van der Waals surface area contributed by atoms with Crippen LogP contribution in [0.25, 0.3) is 0 Å². The number of fused-ring (bicyclic) bond motifs is 1. The number of likely N-dealkylation sites (tertiary alicyclic amines) is 1. The Bertz CT molecular complexity index is 1250. The van der Waals surface area contributed by atoms with Gasteiger partial charge in [-0.25, -0.2) is 0 Å². The van der Waals surface area contributed by atoms with Crippen molar-refractivity contribution >= 4 is 5.91 Å². The number of nitrogens with zero attached hydrogens (tertiary/aromatic N) is 5. The fourth-order valence-corrected chi connectivity index (χ4v) is 6.24. The molecule has 2 aromatic heterocycles. The Morgan fingerprint density at radius 2 is 1.82 bits per heavy atom. The van der Waals surface area contributed by atoms with Crippen LogP contribution in [0.5, 0.6) is 5.75 Å². The molecule has 4 heterocycles. The predicted octanol–water partition coefficient (Wildman–Crippen LogP) is 4.97. The third kappa shape index (κ3) is 6.91. The molecular formula is C32H43N5O3. The fraction of sp³-hybridized carbons (Fsp3) is 0.531. The molecule has 3 aromatic rings. The van der Waals surface area contributed by atoms with E-state index in [9.17, 15) is 4.79 Å². The normalized spacial score (nSPS) is 18.6. The summed E-state index contributed by atoms with van der Waals surface area (Å²) >= 11 is 0. The van der Waals surface area contributed by atoms with Crippen LogP contribution in [0.2, 0.25) is 0 Å². The number of carbonyl (C=O) groups excluding carboxylic acids is 1. The van der Waals surface area contributed by atoms with Gasteiger partial charge in [0.1, 0.15) is 18.1 Å². The quantitative estimate of drug-likeness (QED) is 0.448. The lowest BCUT2D eigenvalue weighted by molar-refractivity contribution is 0.0352. The van der Waals surface area contributed by atoms with Gasteiger partial charge < -0.3 is 19.1 Å². The Balaban J connectivity index is 1.32. The molecule has 0 atom stereocenters. The number of benzene rings is 1. The smallest absolute Gasteiger partial charge is 0.276 e. The number of para-hydroxylation sites is 1. The van der Waals surface area contributed by atoms with Gasteiger partial charge in [0.05, 0.1) is 5.69 Å². The first-order chi connectivity index (χ1) is 19.4. The number of carbonyl (C=O) groups is 1. The van der Waals surface area contributed by atoms with E-state index < -0.39 is 0 Å². The molecule has 2 aliphatic heterocycles. The number of piperidine rings is 1. The summed E-state index contributed by atoms with van der Waals surface area (Å²) < 4.78 is 11.8. The summed E-state index contributed by atoms with van der Waals surface area (Å²) in [5.41, 5.74) is 3.88. The monoisotopic (exact) mass is 545 g/mol. The Hall–Kier alpha value is -3.23. The van der Waals surface area contributed by atoms with Gasteiger partial charge in [0.25, 0.3) is 5.91 Å². The van der Waals surface area contributed by atoms with Gasteiger partial charge in [-0.1, -0.05) is 35.8 Å². The Morgan fingerprint density at radius 3 is 2.60 bits per heavy atom. The molecule has 1 spiro atoms. The van der Waals surface area contributed by atoms with Gasteiger partial charge in [-0.05, 0) is 82.3 Å². The maximum atomic E-state index is 13.6. The van der Waals surface area contributed by atoms with Gasteiger partial charge in [-0.3, -0.25) is 14.7 Å². The van der Waals surface area contributed by atoms with Gasteiger partial charge in [0.2, 0.25) is 0 Å². The van der Waals surface area contributed by atoms with Crippen molar-refractivity contribution in [2.45, 2.75) is 58.5 Å². The largest absolute Gasteiger partial charge is 0.492 e. The van der Waals surface area contributed by atoms with E-state index in [-0.39, 0.29) is 11.3 Å². The molecule has 1 fully saturated rings. The van der Waals surface area contributed by atoms with E-state index in [1.54, 1.807) is 0 Å². The summed E-state index contributed by atoms with van der Waals surface area (Å²) in [6.45, 7) is 7.25. The summed E-state index contributed by atoms with van der Waals surface area (Å²) in [4.78, 5) is 24.7. The van der Waals surface area contributed by atoms with Gasteiger partial charge >= 0.3 is 0 Å². The molecule has 214 valence electrons. The average Bonchev–Trinajstić information content (AvgIpc) is 3.31. The van der Waals surface area contributed by atoms with Gasteiger partial charge in [-0.15, -0.1) is 0 Å². The Kier molecular flexibility index (Phi) is 9.17. The number of aromatic nitrogens is 2. The van der Waals surface area contributed by atoms with Crippen molar-refractivity contribution in [3.05, 3.63) is 76.9 Å². The molecule has 0 unspecified atom stereocenters. The van der Waals surface area contributed by atoms with Crippen LogP contribution in [0.15, 0.2) is 53.2 Å². The molecule has 0 radical (unpaired) electrons. The van der Waals surface area contributed by atoms with Crippen molar-refractivity contribution in [3.63, 3.8) is 0 Å². The first-order valence-corrected chi connectivity index (χ1v) is 14.6. The first-order valence-electron chi connectivity index (χ1n) is 14.6. The maximum absolute atomic E-state index is 13.6. The summed E-state index contributed by atoms with van der Waals surface area (Å²) in [7, 11) is 3.99. The van der Waals surface area contributed by atoms with Crippen LogP contribution in [0.3, 0.4) is 0 Å².